The average Bonchev–Trinajstić information content (AvgIpc) is 3.40. The van der Waals surface area contributed by atoms with Crippen molar-refractivity contribution in [2.75, 3.05) is 18.4 Å². The van der Waals surface area contributed by atoms with Gasteiger partial charge in [-0.25, -0.2) is 17.8 Å². The Hall–Kier alpha value is -2.82. The van der Waals surface area contributed by atoms with Crippen molar-refractivity contribution in [1.82, 2.24) is 9.29 Å². The predicted octanol–water partition coefficient (Wildman–Crippen LogP) is 4.00. The van der Waals surface area contributed by atoms with Crippen LogP contribution in [0.5, 0.6) is 5.75 Å². The minimum atomic E-state index is -3.69. The molecule has 0 saturated carbocycles. The van der Waals surface area contributed by atoms with E-state index in [-0.39, 0.29) is 22.1 Å². The van der Waals surface area contributed by atoms with Gasteiger partial charge in [-0.05, 0) is 62.2 Å². The molecular weight excluding hydrogens is 441 g/mol. The van der Waals surface area contributed by atoms with Crippen LogP contribution in [0.1, 0.15) is 28.2 Å². The summed E-state index contributed by atoms with van der Waals surface area (Å²) in [7, 11) is -3.69. The minimum Gasteiger partial charge on any atom is -0.506 e. The van der Waals surface area contributed by atoms with Crippen molar-refractivity contribution in [2.45, 2.75) is 24.7 Å². The summed E-state index contributed by atoms with van der Waals surface area (Å²) in [5.41, 5.74) is 1.15. The van der Waals surface area contributed by atoms with E-state index in [0.717, 1.165) is 24.2 Å². The molecule has 2 aromatic carbocycles. The fourth-order valence-corrected chi connectivity index (χ4v) is 5.87. The number of amides is 1. The molecule has 1 amide bonds. The SMILES string of the molecule is Cc1nc(-c2ccc(F)cc2)sc1C(=O)Nc1cc(S(=O)(=O)N2CCCC2)ccc1O. The number of carbonyl (C=O) groups excluding carboxylic acids is 1. The molecule has 0 spiro atoms. The number of phenolic OH excluding ortho intramolecular Hbond substituents is 1. The van der Waals surface area contributed by atoms with Gasteiger partial charge in [0.1, 0.15) is 21.5 Å². The number of nitrogens with one attached hydrogen (secondary N) is 1. The zero-order chi connectivity index (χ0) is 22.2. The molecule has 0 atom stereocenters. The number of aromatic hydroxyl groups is 1. The van der Waals surface area contributed by atoms with Gasteiger partial charge in [-0.2, -0.15) is 4.31 Å². The lowest BCUT2D eigenvalue weighted by Crippen LogP contribution is -2.28. The van der Waals surface area contributed by atoms with E-state index in [0.29, 0.717) is 34.2 Å². The molecular formula is C21H20FN3O4S2. The second kappa shape index (κ2) is 8.37. The van der Waals surface area contributed by atoms with Gasteiger partial charge in [0.2, 0.25) is 10.0 Å². The largest absolute Gasteiger partial charge is 0.506 e. The lowest BCUT2D eigenvalue weighted by molar-refractivity contribution is 0.102. The fraction of sp³-hybridized carbons (Fsp3) is 0.238. The lowest BCUT2D eigenvalue weighted by Gasteiger charge is -2.16. The van der Waals surface area contributed by atoms with Crippen LogP contribution >= 0.6 is 11.3 Å². The molecule has 10 heteroatoms. The molecule has 1 aromatic heterocycles. The van der Waals surface area contributed by atoms with E-state index in [9.17, 15) is 22.7 Å². The van der Waals surface area contributed by atoms with Gasteiger partial charge in [0.15, 0.2) is 0 Å². The van der Waals surface area contributed by atoms with Crippen LogP contribution in [0.3, 0.4) is 0 Å². The van der Waals surface area contributed by atoms with Gasteiger partial charge >= 0.3 is 0 Å². The Morgan fingerprint density at radius 3 is 2.52 bits per heavy atom. The van der Waals surface area contributed by atoms with Gasteiger partial charge in [0.05, 0.1) is 16.3 Å². The Morgan fingerprint density at radius 2 is 1.84 bits per heavy atom. The first kappa shape index (κ1) is 21.4. The van der Waals surface area contributed by atoms with Crippen LogP contribution < -0.4 is 5.32 Å². The molecule has 4 rings (SSSR count). The van der Waals surface area contributed by atoms with Gasteiger partial charge in [-0.15, -0.1) is 11.3 Å². The van der Waals surface area contributed by atoms with Crippen molar-refractivity contribution in [2.24, 2.45) is 0 Å². The van der Waals surface area contributed by atoms with Crippen LogP contribution in [0, 0.1) is 12.7 Å². The van der Waals surface area contributed by atoms with Gasteiger partial charge in [-0.3, -0.25) is 4.79 Å². The number of phenols is 1. The predicted molar refractivity (Wildman–Crippen MR) is 116 cm³/mol. The molecule has 0 bridgehead atoms. The molecule has 162 valence electrons. The summed E-state index contributed by atoms with van der Waals surface area (Å²) < 4.78 is 40.1. The van der Waals surface area contributed by atoms with Gasteiger partial charge in [0.25, 0.3) is 5.91 Å². The normalized spacial score (nSPS) is 14.6. The third-order valence-corrected chi connectivity index (χ3v) is 8.11. The summed E-state index contributed by atoms with van der Waals surface area (Å²) in [6, 6.07) is 9.62. The van der Waals surface area contributed by atoms with Crippen LogP contribution in [0.2, 0.25) is 0 Å². The summed E-state index contributed by atoms with van der Waals surface area (Å²) in [5.74, 6) is -1.13. The van der Waals surface area contributed by atoms with E-state index in [4.69, 9.17) is 0 Å². The number of sulfonamides is 1. The lowest BCUT2D eigenvalue weighted by atomic mass is 10.2. The molecule has 1 aliphatic heterocycles. The van der Waals surface area contributed by atoms with E-state index in [1.807, 2.05) is 0 Å². The highest BCUT2D eigenvalue weighted by Gasteiger charge is 2.28. The van der Waals surface area contributed by atoms with E-state index in [1.165, 1.54) is 34.6 Å². The van der Waals surface area contributed by atoms with Crippen LogP contribution in [-0.2, 0) is 10.0 Å². The van der Waals surface area contributed by atoms with Crippen LogP contribution in [-0.4, -0.2) is 41.8 Å². The standard InChI is InChI=1S/C21H20FN3O4S2/c1-13-19(30-21(23-13)14-4-6-15(22)7-5-14)20(27)24-17-12-16(8-9-18(17)26)31(28,29)25-10-2-3-11-25/h4-9,12,26H,2-3,10-11H2,1H3,(H,24,27). The van der Waals surface area contributed by atoms with Crippen molar-refractivity contribution in [1.29, 1.82) is 0 Å². The molecule has 7 nitrogen and oxygen atoms in total. The van der Waals surface area contributed by atoms with E-state index < -0.39 is 15.9 Å². The molecule has 1 fully saturated rings. The number of halogens is 1. The zero-order valence-electron chi connectivity index (χ0n) is 16.6. The van der Waals surface area contributed by atoms with Gasteiger partial charge < -0.3 is 10.4 Å². The molecule has 1 saturated heterocycles. The van der Waals surface area contributed by atoms with Gasteiger partial charge in [0, 0.05) is 18.7 Å². The Bertz CT molecular complexity index is 1230. The van der Waals surface area contributed by atoms with Crippen molar-refractivity contribution in [3.8, 4) is 16.3 Å². The van der Waals surface area contributed by atoms with Crippen LogP contribution in [0.4, 0.5) is 10.1 Å². The summed E-state index contributed by atoms with van der Waals surface area (Å²) in [6.07, 6.45) is 1.61. The van der Waals surface area contributed by atoms with Crippen LogP contribution in [0.15, 0.2) is 47.4 Å². The summed E-state index contributed by atoms with van der Waals surface area (Å²) in [5, 5.41) is 13.3. The number of thiazole rings is 1. The maximum atomic E-state index is 13.2. The maximum Gasteiger partial charge on any atom is 0.267 e. The number of benzene rings is 2. The van der Waals surface area contributed by atoms with Crippen molar-refractivity contribution in [3.63, 3.8) is 0 Å². The van der Waals surface area contributed by atoms with E-state index >= 15 is 0 Å². The van der Waals surface area contributed by atoms with Crippen molar-refractivity contribution < 1.29 is 22.7 Å². The highest BCUT2D eigenvalue weighted by Crippen LogP contribution is 2.32. The smallest absolute Gasteiger partial charge is 0.267 e. The van der Waals surface area contributed by atoms with E-state index in [1.54, 1.807) is 19.1 Å². The second-order valence-electron chi connectivity index (χ2n) is 7.18. The highest BCUT2D eigenvalue weighted by atomic mass is 32.2. The number of carbonyl (C=O) groups is 1. The molecule has 2 heterocycles. The third-order valence-electron chi connectivity index (χ3n) is 5.01. The summed E-state index contributed by atoms with van der Waals surface area (Å²) >= 11 is 1.13. The molecule has 31 heavy (non-hydrogen) atoms. The van der Waals surface area contributed by atoms with E-state index in [2.05, 4.69) is 10.3 Å². The Kier molecular flexibility index (Phi) is 5.78. The van der Waals surface area contributed by atoms with Crippen LogP contribution in [0.25, 0.3) is 10.6 Å². The maximum absolute atomic E-state index is 13.2. The first-order valence-electron chi connectivity index (χ1n) is 9.63. The molecule has 0 radical (unpaired) electrons. The Balaban J connectivity index is 1.60. The summed E-state index contributed by atoms with van der Waals surface area (Å²) in [4.78, 5) is 17.5. The fourth-order valence-electron chi connectivity index (χ4n) is 3.36. The number of aromatic nitrogens is 1. The van der Waals surface area contributed by atoms with Gasteiger partial charge in [-0.1, -0.05) is 0 Å². The number of aryl methyl sites for hydroxylation is 1. The Labute approximate surface area is 183 Å². The second-order valence-corrected chi connectivity index (χ2v) is 10.1. The minimum absolute atomic E-state index is 0.00130. The Morgan fingerprint density at radius 1 is 1.16 bits per heavy atom. The molecule has 0 unspecified atom stereocenters. The van der Waals surface area contributed by atoms with Crippen molar-refractivity contribution >= 4 is 33.0 Å². The first-order chi connectivity index (χ1) is 14.8. The molecule has 0 aliphatic carbocycles. The molecule has 3 aromatic rings. The topological polar surface area (TPSA) is 99.6 Å². The number of nitrogens with zero attached hydrogens (tertiary/aromatic N) is 2. The quantitative estimate of drug-likeness (QED) is 0.560. The average molecular weight is 462 g/mol. The zero-order valence-corrected chi connectivity index (χ0v) is 18.3. The molecule has 2 N–H and O–H groups in total. The van der Waals surface area contributed by atoms with Crippen molar-refractivity contribution in [3.05, 3.63) is 58.9 Å². The number of rotatable bonds is 5. The number of anilines is 1. The monoisotopic (exact) mass is 461 g/mol. The third kappa shape index (κ3) is 4.32. The summed E-state index contributed by atoms with van der Waals surface area (Å²) in [6.45, 7) is 2.58. The molecule has 1 aliphatic rings. The first-order valence-corrected chi connectivity index (χ1v) is 11.9. The number of hydrogen-bond acceptors (Lipinski definition) is 6. The highest BCUT2D eigenvalue weighted by molar-refractivity contribution is 7.89. The number of hydrogen-bond donors (Lipinski definition) is 2.